The Labute approximate surface area is 209 Å². The molecule has 2 aromatic rings. The highest BCUT2D eigenvalue weighted by Gasteiger charge is 2.57. The summed E-state index contributed by atoms with van der Waals surface area (Å²) < 4.78 is 30.3. The third-order valence-electron chi connectivity index (χ3n) is 6.43. The minimum absolute atomic E-state index is 0.187. The van der Waals surface area contributed by atoms with Gasteiger partial charge in [0.2, 0.25) is 0 Å². The number of hydrogen-bond acceptors (Lipinski definition) is 11. The number of hydrogen-bond donors (Lipinski definition) is 4. The fraction of sp³-hybridized carbons (Fsp3) is 0.636. The molecule has 6 atom stereocenters. The maximum Gasteiger partial charge on any atom is 0.613 e. The van der Waals surface area contributed by atoms with E-state index in [1.54, 1.807) is 12.1 Å². The van der Waals surface area contributed by atoms with Crippen molar-refractivity contribution in [2.75, 3.05) is 18.9 Å². The minimum atomic E-state index is -2.53. The van der Waals surface area contributed by atoms with Crippen molar-refractivity contribution in [2.24, 2.45) is 5.92 Å². The Balaban J connectivity index is 1.65. The molecule has 1 unspecified atom stereocenters. The van der Waals surface area contributed by atoms with Crippen LogP contribution < -0.4 is 10.8 Å². The summed E-state index contributed by atoms with van der Waals surface area (Å²) in [5.41, 5.74) is 4.96. The summed E-state index contributed by atoms with van der Waals surface area (Å²) in [6, 6.07) is 4.27. The first-order valence-corrected chi connectivity index (χ1v) is 12.9. The quantitative estimate of drug-likeness (QED) is 0.229. The van der Waals surface area contributed by atoms with E-state index in [1.165, 1.54) is 17.8 Å². The van der Waals surface area contributed by atoms with Crippen molar-refractivity contribution in [3.8, 4) is 6.07 Å². The normalized spacial score (nSPS) is 25.1. The van der Waals surface area contributed by atoms with Gasteiger partial charge < -0.3 is 25.4 Å². The standard InChI is InChI=1S/C22H32N6O7P/c1-4-14(5-2)10-33-21(31)13(3)27-36(32)34-11-16-18(29)19(30)22(35-16,8-9-23)17-7-6-15-20(24)25-12-26-28(15)17/h6-7,12-14,16,18-19,29-30H,4-5,8,10-11H2,1-3H3,(H,27,32)(H2,24,25,26)/q+1/t13-,16+,18+,19+,22-/m0/s1. The van der Waals surface area contributed by atoms with Crippen LogP contribution in [0.1, 0.15) is 45.7 Å². The molecule has 36 heavy (non-hydrogen) atoms. The SMILES string of the molecule is CCC(CC)COC(=O)[C@H](C)N[P+](=O)OC[C@H]1O[C@@](CC#N)(c2ccc3c(N)ncnn23)[C@H](O)[C@@H]1O. The van der Waals surface area contributed by atoms with E-state index in [4.69, 9.17) is 19.7 Å². The first kappa shape index (κ1) is 27.9. The zero-order valence-electron chi connectivity index (χ0n) is 20.4. The van der Waals surface area contributed by atoms with Crippen LogP contribution in [0.3, 0.4) is 0 Å². The average molecular weight is 524 g/mol. The molecule has 196 valence electrons. The molecule has 3 heterocycles. The van der Waals surface area contributed by atoms with Crippen LogP contribution in [-0.4, -0.2) is 68.3 Å². The van der Waals surface area contributed by atoms with Gasteiger partial charge in [0.1, 0.15) is 42.8 Å². The van der Waals surface area contributed by atoms with E-state index in [2.05, 4.69) is 15.2 Å². The molecule has 1 saturated heterocycles. The molecule has 1 aliphatic rings. The summed E-state index contributed by atoms with van der Waals surface area (Å²) >= 11 is 0. The van der Waals surface area contributed by atoms with Crippen LogP contribution in [-0.2, 0) is 29.0 Å². The summed E-state index contributed by atoms with van der Waals surface area (Å²) in [5, 5.41) is 37.7. The number of rotatable bonds is 12. The van der Waals surface area contributed by atoms with Gasteiger partial charge in [0.15, 0.2) is 11.4 Å². The molecule has 0 aliphatic carbocycles. The lowest BCUT2D eigenvalue weighted by molar-refractivity contribution is -0.146. The smallest absolute Gasteiger partial charge is 0.464 e. The first-order chi connectivity index (χ1) is 17.2. The molecule has 14 heteroatoms. The third kappa shape index (κ3) is 5.64. The van der Waals surface area contributed by atoms with Crippen molar-refractivity contribution in [2.45, 2.75) is 70.0 Å². The average Bonchev–Trinajstić information content (AvgIpc) is 3.40. The van der Waals surface area contributed by atoms with E-state index < -0.39 is 44.1 Å². The van der Waals surface area contributed by atoms with Crippen LogP contribution in [0.4, 0.5) is 5.82 Å². The molecule has 0 amide bonds. The van der Waals surface area contributed by atoms with Gasteiger partial charge in [-0.05, 0) is 29.5 Å². The summed E-state index contributed by atoms with van der Waals surface area (Å²) in [7, 11) is -2.53. The number of fused-ring (bicyclic) bond motifs is 1. The lowest BCUT2D eigenvalue weighted by Crippen LogP contribution is -2.41. The predicted octanol–water partition coefficient (Wildman–Crippen LogP) is 1.17. The Morgan fingerprint density at radius 3 is 2.81 bits per heavy atom. The van der Waals surface area contributed by atoms with Gasteiger partial charge >= 0.3 is 14.1 Å². The number of carbonyl (C=O) groups is 1. The largest absolute Gasteiger partial charge is 0.613 e. The number of aliphatic hydroxyl groups excluding tert-OH is 2. The van der Waals surface area contributed by atoms with Gasteiger partial charge in [0, 0.05) is 0 Å². The number of carbonyl (C=O) groups excluding carboxylic acids is 1. The van der Waals surface area contributed by atoms with Crippen molar-refractivity contribution < 1.29 is 33.6 Å². The molecular weight excluding hydrogens is 491 g/mol. The second-order valence-corrected chi connectivity index (χ2v) is 9.72. The third-order valence-corrected chi connectivity index (χ3v) is 7.41. The summed E-state index contributed by atoms with van der Waals surface area (Å²) in [5.74, 6) is -0.115. The number of ether oxygens (including phenoxy) is 2. The molecule has 5 N–H and O–H groups in total. The van der Waals surface area contributed by atoms with Gasteiger partial charge in [0.25, 0.3) is 0 Å². The monoisotopic (exact) mass is 523 g/mol. The number of anilines is 1. The van der Waals surface area contributed by atoms with E-state index >= 15 is 0 Å². The predicted molar refractivity (Wildman–Crippen MR) is 127 cm³/mol. The Morgan fingerprint density at radius 2 is 2.14 bits per heavy atom. The van der Waals surface area contributed by atoms with Crippen LogP contribution in [0.15, 0.2) is 18.5 Å². The van der Waals surface area contributed by atoms with Crippen LogP contribution in [0.2, 0.25) is 0 Å². The second kappa shape index (κ2) is 12.0. The minimum Gasteiger partial charge on any atom is -0.464 e. The van der Waals surface area contributed by atoms with Crippen molar-refractivity contribution in [3.63, 3.8) is 0 Å². The summed E-state index contributed by atoms with van der Waals surface area (Å²) in [4.78, 5) is 16.1. The van der Waals surface area contributed by atoms with Gasteiger partial charge in [0.05, 0.1) is 24.8 Å². The van der Waals surface area contributed by atoms with Gasteiger partial charge in [-0.25, -0.2) is 9.50 Å². The number of aromatic nitrogens is 3. The Hall–Kier alpha value is -2.72. The molecule has 3 rings (SSSR count). The zero-order valence-corrected chi connectivity index (χ0v) is 21.3. The van der Waals surface area contributed by atoms with E-state index in [0.29, 0.717) is 11.2 Å². The number of nitrogens with one attached hydrogen (secondary N) is 1. The highest BCUT2D eigenvalue weighted by molar-refractivity contribution is 7.36. The molecule has 2 aromatic heterocycles. The van der Waals surface area contributed by atoms with Crippen molar-refractivity contribution >= 4 is 25.5 Å². The first-order valence-electron chi connectivity index (χ1n) is 11.7. The maximum atomic E-state index is 12.4. The van der Waals surface area contributed by atoms with E-state index in [9.17, 15) is 24.8 Å². The van der Waals surface area contributed by atoms with Crippen molar-refractivity contribution in [1.29, 1.82) is 5.26 Å². The molecule has 1 fully saturated rings. The van der Waals surface area contributed by atoms with Crippen LogP contribution in [0, 0.1) is 17.2 Å². The maximum absolute atomic E-state index is 12.4. The summed E-state index contributed by atoms with van der Waals surface area (Å²) in [6.45, 7) is 5.42. The van der Waals surface area contributed by atoms with Crippen LogP contribution in [0.25, 0.3) is 5.52 Å². The van der Waals surface area contributed by atoms with E-state index in [0.717, 1.165) is 12.8 Å². The highest BCUT2D eigenvalue weighted by Crippen LogP contribution is 2.43. The zero-order chi connectivity index (χ0) is 26.5. The number of aliphatic hydroxyl groups is 2. The topological polar surface area (TPSA) is 194 Å². The molecule has 0 saturated carbocycles. The molecule has 13 nitrogen and oxygen atoms in total. The lowest BCUT2D eigenvalue weighted by atomic mass is 9.88. The molecular formula is C22H32N6O7P+. The Morgan fingerprint density at radius 1 is 1.42 bits per heavy atom. The molecule has 0 radical (unpaired) electrons. The van der Waals surface area contributed by atoms with E-state index in [-0.39, 0.29) is 31.4 Å². The van der Waals surface area contributed by atoms with Gasteiger partial charge in [-0.3, -0.25) is 4.79 Å². The van der Waals surface area contributed by atoms with Gasteiger partial charge in [-0.2, -0.15) is 10.4 Å². The number of nitriles is 1. The lowest BCUT2D eigenvalue weighted by Gasteiger charge is -2.29. The van der Waals surface area contributed by atoms with Gasteiger partial charge in [-0.15, -0.1) is 4.52 Å². The van der Waals surface area contributed by atoms with Crippen molar-refractivity contribution in [3.05, 3.63) is 24.2 Å². The number of nitrogens with two attached hydrogens (primary N) is 1. The van der Waals surface area contributed by atoms with E-state index in [1.807, 2.05) is 19.9 Å². The Kier molecular flexibility index (Phi) is 9.30. The molecule has 1 aliphatic heterocycles. The van der Waals surface area contributed by atoms with Crippen molar-refractivity contribution in [1.82, 2.24) is 19.7 Å². The fourth-order valence-corrected chi connectivity index (χ4v) is 4.88. The second-order valence-electron chi connectivity index (χ2n) is 8.69. The van der Waals surface area contributed by atoms with Gasteiger partial charge in [-0.1, -0.05) is 31.8 Å². The number of esters is 1. The molecule has 0 spiro atoms. The Bertz CT molecular complexity index is 1120. The number of nitrogens with zero attached hydrogens (tertiary/aromatic N) is 4. The highest BCUT2D eigenvalue weighted by atomic mass is 31.1. The van der Waals surface area contributed by atoms with Crippen LogP contribution >= 0.6 is 8.18 Å². The fourth-order valence-electron chi connectivity index (χ4n) is 4.10. The molecule has 0 aromatic carbocycles. The summed E-state index contributed by atoms with van der Waals surface area (Å²) in [6.07, 6.45) is -1.45. The number of nitrogen functional groups attached to an aromatic ring is 1. The van der Waals surface area contributed by atoms with Crippen LogP contribution in [0.5, 0.6) is 0 Å². The molecule has 0 bridgehead atoms.